The molecule has 9 atom stereocenters. The second kappa shape index (κ2) is 7.98. The summed E-state index contributed by atoms with van der Waals surface area (Å²) in [5.41, 5.74) is 0.546. The summed E-state index contributed by atoms with van der Waals surface area (Å²) in [6.45, 7) is 16.8. The quantitative estimate of drug-likeness (QED) is 0.310. The highest BCUT2D eigenvalue weighted by molar-refractivity contribution is 5.89. The Morgan fingerprint density at radius 2 is 1.74 bits per heavy atom. The molecule has 0 aromatic rings. The molecular formula is C31H50O4. The van der Waals surface area contributed by atoms with E-state index in [0.29, 0.717) is 23.3 Å². The van der Waals surface area contributed by atoms with Gasteiger partial charge >= 0.3 is 5.97 Å². The standard InChI is InChI=1S/C31H50O4/c1-19(2)10-9-11-20(3)23-12-14-29(7)27(23,5)16-17-30-28(6)18-22(26(33)34-8)25(32)21(4)24(28)13-15-31(29,30)35-30/h19-21,23-24,32H,9-18H2,1-8H3. The Bertz CT molecular complexity index is 923. The Hall–Kier alpha value is -1.03. The SMILES string of the molecule is COC(=O)C1=C(O)C(C)C2CCC34OC3(CCC3(C)C(C(C)CCCC(C)C)CCC34C)C2(C)C1. The molecule has 0 radical (unpaired) electrons. The number of hydrogen-bond donors (Lipinski definition) is 1. The van der Waals surface area contributed by atoms with Gasteiger partial charge in [-0.3, -0.25) is 0 Å². The molecule has 0 aromatic heterocycles. The second-order valence-corrected chi connectivity index (χ2v) is 14.3. The minimum absolute atomic E-state index is 0.0298. The van der Waals surface area contributed by atoms with Crippen molar-refractivity contribution in [2.75, 3.05) is 7.11 Å². The van der Waals surface area contributed by atoms with Crippen molar-refractivity contribution < 1.29 is 19.4 Å². The van der Waals surface area contributed by atoms with Gasteiger partial charge in [0.1, 0.15) is 17.0 Å². The first-order chi connectivity index (χ1) is 16.3. The molecule has 35 heavy (non-hydrogen) atoms. The molecule has 0 amide bonds. The van der Waals surface area contributed by atoms with Crippen LogP contribution in [0.15, 0.2) is 11.3 Å². The number of methoxy groups -OCH3 is 1. The van der Waals surface area contributed by atoms with E-state index in [1.165, 1.54) is 45.6 Å². The molecule has 0 aromatic carbocycles. The van der Waals surface area contributed by atoms with Gasteiger partial charge in [0.15, 0.2) is 0 Å². The van der Waals surface area contributed by atoms with Crippen molar-refractivity contribution in [3.05, 3.63) is 11.3 Å². The van der Waals surface area contributed by atoms with Gasteiger partial charge in [-0.15, -0.1) is 0 Å². The minimum atomic E-state index is -0.370. The first-order valence-electron chi connectivity index (χ1n) is 14.5. The fourth-order valence-electron chi connectivity index (χ4n) is 10.7. The summed E-state index contributed by atoms with van der Waals surface area (Å²) in [6.07, 6.45) is 11.6. The Morgan fingerprint density at radius 1 is 1.03 bits per heavy atom. The van der Waals surface area contributed by atoms with Gasteiger partial charge in [0.25, 0.3) is 0 Å². The summed E-state index contributed by atoms with van der Waals surface area (Å²) in [6, 6.07) is 0. The van der Waals surface area contributed by atoms with E-state index in [2.05, 4.69) is 48.5 Å². The molecule has 5 aliphatic rings. The summed E-state index contributed by atoms with van der Waals surface area (Å²) in [4.78, 5) is 12.7. The van der Waals surface area contributed by atoms with Crippen LogP contribution in [0.3, 0.4) is 0 Å². The number of epoxide rings is 1. The summed E-state index contributed by atoms with van der Waals surface area (Å²) < 4.78 is 12.3. The maximum absolute atomic E-state index is 12.7. The van der Waals surface area contributed by atoms with Crippen molar-refractivity contribution in [1.82, 2.24) is 0 Å². The van der Waals surface area contributed by atoms with Gasteiger partial charge in [-0.2, -0.15) is 0 Å². The summed E-state index contributed by atoms with van der Waals surface area (Å²) >= 11 is 0. The van der Waals surface area contributed by atoms with Gasteiger partial charge in [-0.1, -0.05) is 67.7 Å². The first-order valence-corrected chi connectivity index (χ1v) is 14.5. The van der Waals surface area contributed by atoms with Crippen molar-refractivity contribution in [3.63, 3.8) is 0 Å². The highest BCUT2D eigenvalue weighted by Gasteiger charge is 2.89. The lowest BCUT2D eigenvalue weighted by Crippen LogP contribution is -2.64. The van der Waals surface area contributed by atoms with Crippen LogP contribution in [0.25, 0.3) is 0 Å². The Balaban J connectivity index is 1.46. The smallest absolute Gasteiger partial charge is 0.337 e. The van der Waals surface area contributed by atoms with Gasteiger partial charge in [-0.25, -0.2) is 4.79 Å². The molecule has 4 nitrogen and oxygen atoms in total. The Morgan fingerprint density at radius 3 is 2.40 bits per heavy atom. The van der Waals surface area contributed by atoms with Gasteiger partial charge in [0.2, 0.25) is 0 Å². The average molecular weight is 487 g/mol. The Kier molecular flexibility index (Phi) is 5.84. The predicted octanol–water partition coefficient (Wildman–Crippen LogP) is 7.61. The number of ether oxygens (including phenoxy) is 2. The van der Waals surface area contributed by atoms with E-state index < -0.39 is 0 Å². The number of aliphatic hydroxyl groups is 1. The van der Waals surface area contributed by atoms with E-state index in [9.17, 15) is 9.90 Å². The summed E-state index contributed by atoms with van der Waals surface area (Å²) in [7, 11) is 1.42. The highest BCUT2D eigenvalue weighted by atomic mass is 16.6. The van der Waals surface area contributed by atoms with Crippen LogP contribution in [0.2, 0.25) is 0 Å². The maximum Gasteiger partial charge on any atom is 0.337 e. The number of carbonyl (C=O) groups excluding carboxylic acids is 1. The lowest BCUT2D eigenvalue weighted by Gasteiger charge is -2.61. The number of hydrogen-bond acceptors (Lipinski definition) is 4. The van der Waals surface area contributed by atoms with Crippen LogP contribution in [0.4, 0.5) is 0 Å². The molecule has 198 valence electrons. The van der Waals surface area contributed by atoms with Crippen molar-refractivity contribution in [2.45, 2.75) is 124 Å². The molecule has 1 aliphatic heterocycles. The fourth-order valence-corrected chi connectivity index (χ4v) is 10.7. The largest absolute Gasteiger partial charge is 0.511 e. The zero-order chi connectivity index (χ0) is 25.6. The van der Waals surface area contributed by atoms with Crippen LogP contribution < -0.4 is 0 Å². The molecule has 4 aliphatic carbocycles. The van der Waals surface area contributed by atoms with Crippen LogP contribution >= 0.6 is 0 Å². The molecule has 4 fully saturated rings. The molecule has 1 heterocycles. The number of rotatable bonds is 6. The summed E-state index contributed by atoms with van der Waals surface area (Å²) in [5.74, 6) is 2.51. The van der Waals surface area contributed by atoms with Gasteiger partial charge in [0, 0.05) is 16.7 Å². The third-order valence-electron chi connectivity index (χ3n) is 12.9. The number of allylic oxidation sites excluding steroid dienone is 1. The normalized spacial score (nSPS) is 49.1. The van der Waals surface area contributed by atoms with E-state index in [-0.39, 0.29) is 39.7 Å². The molecule has 5 rings (SSSR count). The third kappa shape index (κ3) is 2.98. The van der Waals surface area contributed by atoms with Crippen LogP contribution in [0.5, 0.6) is 0 Å². The van der Waals surface area contributed by atoms with Crippen LogP contribution in [0, 0.1) is 45.8 Å². The molecule has 1 N–H and O–H groups in total. The third-order valence-corrected chi connectivity index (χ3v) is 12.9. The molecule has 0 spiro atoms. The van der Waals surface area contributed by atoms with E-state index in [1.807, 2.05) is 0 Å². The molecular weight excluding hydrogens is 436 g/mol. The topological polar surface area (TPSA) is 59.1 Å². The highest BCUT2D eigenvalue weighted by Crippen LogP contribution is 2.85. The maximum atomic E-state index is 12.7. The van der Waals surface area contributed by atoms with Gasteiger partial charge in [0.05, 0.1) is 12.7 Å². The average Bonchev–Trinajstić information content (AvgIpc) is 3.44. The number of carbonyl (C=O) groups is 1. The van der Waals surface area contributed by atoms with E-state index in [0.717, 1.165) is 37.0 Å². The van der Waals surface area contributed by atoms with E-state index in [4.69, 9.17) is 9.47 Å². The molecule has 3 saturated carbocycles. The van der Waals surface area contributed by atoms with E-state index in [1.54, 1.807) is 0 Å². The minimum Gasteiger partial charge on any atom is -0.511 e. The lowest BCUT2D eigenvalue weighted by molar-refractivity contribution is -0.139. The molecule has 1 saturated heterocycles. The van der Waals surface area contributed by atoms with Gasteiger partial charge in [-0.05, 0) is 74.0 Å². The van der Waals surface area contributed by atoms with Crippen molar-refractivity contribution in [2.24, 2.45) is 45.8 Å². The summed E-state index contributed by atoms with van der Waals surface area (Å²) in [5, 5.41) is 11.0. The van der Waals surface area contributed by atoms with Crippen LogP contribution in [-0.4, -0.2) is 29.4 Å². The fraction of sp³-hybridized carbons (Fsp3) is 0.903. The van der Waals surface area contributed by atoms with E-state index >= 15 is 0 Å². The van der Waals surface area contributed by atoms with Gasteiger partial charge < -0.3 is 14.6 Å². The molecule has 4 heteroatoms. The first kappa shape index (κ1) is 25.6. The second-order valence-electron chi connectivity index (χ2n) is 14.3. The number of aliphatic hydroxyl groups excluding tert-OH is 1. The Labute approximate surface area is 213 Å². The van der Waals surface area contributed by atoms with Crippen molar-refractivity contribution in [1.29, 1.82) is 0 Å². The lowest BCUT2D eigenvalue weighted by atomic mass is 9.39. The molecule has 0 bridgehead atoms. The van der Waals surface area contributed by atoms with Crippen molar-refractivity contribution in [3.8, 4) is 0 Å². The zero-order valence-corrected chi connectivity index (χ0v) is 23.6. The van der Waals surface area contributed by atoms with Crippen LogP contribution in [-0.2, 0) is 14.3 Å². The number of fused-ring (bicyclic) bond motifs is 2. The van der Waals surface area contributed by atoms with Crippen LogP contribution in [0.1, 0.15) is 113 Å². The van der Waals surface area contributed by atoms with Crippen molar-refractivity contribution >= 4 is 5.97 Å². The monoisotopic (exact) mass is 486 g/mol. The predicted molar refractivity (Wildman–Crippen MR) is 139 cm³/mol. The zero-order valence-electron chi connectivity index (χ0n) is 23.6. The number of esters is 1. The molecule has 9 unspecified atom stereocenters.